The van der Waals surface area contributed by atoms with E-state index in [1.807, 2.05) is 25.1 Å². The number of hydrogen-bond acceptors (Lipinski definition) is 5. The van der Waals surface area contributed by atoms with Crippen LogP contribution in [0.2, 0.25) is 0 Å². The fourth-order valence-electron chi connectivity index (χ4n) is 2.15. The second-order valence-corrected chi connectivity index (χ2v) is 6.47. The van der Waals surface area contributed by atoms with E-state index < -0.39 is 5.97 Å². The zero-order valence-electron chi connectivity index (χ0n) is 14.1. The number of rotatable bonds is 8. The molecule has 0 fully saturated rings. The summed E-state index contributed by atoms with van der Waals surface area (Å²) < 4.78 is 5.17. The van der Waals surface area contributed by atoms with Gasteiger partial charge in [0.25, 0.3) is 5.91 Å². The maximum Gasteiger partial charge on any atom is 0.304 e. The number of benzene rings is 1. The molecule has 0 aliphatic rings. The van der Waals surface area contributed by atoms with Crippen LogP contribution < -0.4 is 10.1 Å². The van der Waals surface area contributed by atoms with E-state index in [1.165, 1.54) is 7.11 Å². The summed E-state index contributed by atoms with van der Waals surface area (Å²) in [6.07, 6.45) is 0.140. The van der Waals surface area contributed by atoms with Gasteiger partial charge in [-0.05, 0) is 36.8 Å². The summed E-state index contributed by atoms with van der Waals surface area (Å²) in [6.45, 7) is 1.83. The average Bonchev–Trinajstić information content (AvgIpc) is 2.58. The van der Waals surface area contributed by atoms with Crippen molar-refractivity contribution in [2.24, 2.45) is 0 Å². The minimum Gasteiger partial charge on any atom is -0.481 e. The topological polar surface area (TPSA) is 88.5 Å². The predicted molar refractivity (Wildman–Crippen MR) is 98.3 cm³/mol. The number of carboxylic acid groups (broad SMARTS) is 1. The minimum absolute atomic E-state index is 0.140. The van der Waals surface area contributed by atoms with Crippen molar-refractivity contribution < 1.29 is 19.4 Å². The Labute approximate surface area is 150 Å². The molecule has 2 rings (SSSR count). The second-order valence-electron chi connectivity index (χ2n) is 5.36. The predicted octanol–water partition coefficient (Wildman–Crippen LogP) is 3.36. The highest BCUT2D eigenvalue weighted by Gasteiger charge is 2.14. The number of aliphatic carboxylic acids is 1. The smallest absolute Gasteiger partial charge is 0.304 e. The van der Waals surface area contributed by atoms with Crippen LogP contribution in [0.15, 0.2) is 36.4 Å². The Balaban J connectivity index is 2.01. The van der Waals surface area contributed by atoms with Crippen LogP contribution in [0.3, 0.4) is 0 Å². The molecule has 7 heteroatoms. The average molecular weight is 360 g/mol. The normalized spacial score (nSPS) is 10.3. The Bertz CT molecular complexity index is 764. The van der Waals surface area contributed by atoms with Crippen molar-refractivity contribution in [1.29, 1.82) is 0 Å². The van der Waals surface area contributed by atoms with E-state index in [2.05, 4.69) is 10.3 Å². The van der Waals surface area contributed by atoms with Gasteiger partial charge in [0.1, 0.15) is 5.56 Å². The summed E-state index contributed by atoms with van der Waals surface area (Å²) in [7, 11) is 1.48. The number of methoxy groups -OCH3 is 1. The molecular weight excluding hydrogens is 340 g/mol. The van der Waals surface area contributed by atoms with Crippen LogP contribution in [0.4, 0.5) is 5.69 Å². The zero-order chi connectivity index (χ0) is 18.2. The SMILES string of the molecule is COc1nc(C)ccc1C(=O)Nc1cccc(CSCCC(=O)O)c1. The summed E-state index contributed by atoms with van der Waals surface area (Å²) >= 11 is 1.54. The van der Waals surface area contributed by atoms with Crippen LogP contribution in [0.25, 0.3) is 0 Å². The van der Waals surface area contributed by atoms with Gasteiger partial charge in [0.15, 0.2) is 0 Å². The van der Waals surface area contributed by atoms with Crippen molar-refractivity contribution in [2.75, 3.05) is 18.2 Å². The molecule has 0 saturated heterocycles. The van der Waals surface area contributed by atoms with Gasteiger partial charge in [0.2, 0.25) is 5.88 Å². The van der Waals surface area contributed by atoms with E-state index in [0.717, 1.165) is 11.3 Å². The van der Waals surface area contributed by atoms with Gasteiger partial charge in [-0.25, -0.2) is 4.98 Å². The first kappa shape index (κ1) is 18.8. The number of nitrogens with one attached hydrogen (secondary N) is 1. The number of anilines is 1. The molecule has 0 spiro atoms. The van der Waals surface area contributed by atoms with Crippen molar-refractivity contribution in [3.05, 3.63) is 53.2 Å². The lowest BCUT2D eigenvalue weighted by Crippen LogP contribution is -2.14. The van der Waals surface area contributed by atoms with Crippen molar-refractivity contribution in [3.63, 3.8) is 0 Å². The van der Waals surface area contributed by atoms with Gasteiger partial charge in [-0.1, -0.05) is 12.1 Å². The fourth-order valence-corrected chi connectivity index (χ4v) is 3.03. The maximum atomic E-state index is 12.5. The molecule has 0 aliphatic heterocycles. The third-order valence-electron chi connectivity index (χ3n) is 3.35. The van der Waals surface area contributed by atoms with E-state index in [0.29, 0.717) is 22.8 Å². The van der Waals surface area contributed by atoms with Gasteiger partial charge in [-0.3, -0.25) is 9.59 Å². The Hall–Kier alpha value is -2.54. The molecule has 1 amide bonds. The molecule has 0 aliphatic carbocycles. The lowest BCUT2D eigenvalue weighted by atomic mass is 10.2. The minimum atomic E-state index is -0.797. The number of aryl methyl sites for hydroxylation is 1. The molecule has 0 bridgehead atoms. The Morgan fingerprint density at radius 2 is 2.08 bits per heavy atom. The number of nitrogens with zero attached hydrogens (tertiary/aromatic N) is 1. The number of carboxylic acids is 1. The summed E-state index contributed by atoms with van der Waals surface area (Å²) in [4.78, 5) is 27.2. The Kier molecular flexibility index (Phi) is 6.82. The van der Waals surface area contributed by atoms with Crippen molar-refractivity contribution in [2.45, 2.75) is 19.1 Å². The number of pyridine rings is 1. The number of amides is 1. The molecule has 6 nitrogen and oxygen atoms in total. The van der Waals surface area contributed by atoms with Crippen molar-refractivity contribution in [3.8, 4) is 5.88 Å². The molecule has 25 heavy (non-hydrogen) atoms. The number of carbonyl (C=O) groups excluding carboxylic acids is 1. The molecular formula is C18H20N2O4S. The summed E-state index contributed by atoms with van der Waals surface area (Å²) in [6, 6.07) is 10.9. The third kappa shape index (κ3) is 5.79. The molecule has 0 unspecified atom stereocenters. The Morgan fingerprint density at radius 3 is 2.80 bits per heavy atom. The van der Waals surface area contributed by atoms with E-state index in [1.54, 1.807) is 30.0 Å². The highest BCUT2D eigenvalue weighted by Crippen LogP contribution is 2.20. The third-order valence-corrected chi connectivity index (χ3v) is 4.38. The lowest BCUT2D eigenvalue weighted by Gasteiger charge is -2.10. The van der Waals surface area contributed by atoms with Crippen LogP contribution >= 0.6 is 11.8 Å². The molecule has 1 aromatic carbocycles. The first-order valence-electron chi connectivity index (χ1n) is 7.71. The van der Waals surface area contributed by atoms with E-state index in [4.69, 9.17) is 9.84 Å². The lowest BCUT2D eigenvalue weighted by molar-refractivity contribution is -0.136. The van der Waals surface area contributed by atoms with Gasteiger partial charge in [0, 0.05) is 22.9 Å². The van der Waals surface area contributed by atoms with Gasteiger partial charge < -0.3 is 15.2 Å². The second kappa shape index (κ2) is 9.08. The number of carbonyl (C=O) groups is 2. The number of thioether (sulfide) groups is 1. The van der Waals surface area contributed by atoms with Crippen LogP contribution in [0.1, 0.15) is 28.0 Å². The highest BCUT2D eigenvalue weighted by molar-refractivity contribution is 7.98. The maximum absolute atomic E-state index is 12.5. The summed E-state index contributed by atoms with van der Waals surface area (Å²) in [5.41, 5.74) is 2.83. The molecule has 0 atom stereocenters. The fraction of sp³-hybridized carbons (Fsp3) is 0.278. The summed E-state index contributed by atoms with van der Waals surface area (Å²) in [5.74, 6) is 0.442. The molecule has 2 aromatic rings. The van der Waals surface area contributed by atoms with Crippen LogP contribution in [-0.4, -0.2) is 34.8 Å². The Morgan fingerprint density at radius 1 is 1.28 bits per heavy atom. The molecule has 0 radical (unpaired) electrons. The van der Waals surface area contributed by atoms with Crippen LogP contribution in [-0.2, 0) is 10.5 Å². The first-order chi connectivity index (χ1) is 12.0. The largest absolute Gasteiger partial charge is 0.481 e. The van der Waals surface area contributed by atoms with Gasteiger partial charge in [-0.15, -0.1) is 0 Å². The standard InChI is InChI=1S/C18H20N2O4S/c1-12-6-7-15(18(19-12)24-2)17(23)20-14-5-3-4-13(10-14)11-25-9-8-16(21)22/h3-7,10H,8-9,11H2,1-2H3,(H,20,23)(H,21,22). The van der Waals surface area contributed by atoms with Crippen LogP contribution in [0.5, 0.6) is 5.88 Å². The quantitative estimate of drug-likeness (QED) is 0.702. The van der Waals surface area contributed by atoms with Crippen molar-refractivity contribution in [1.82, 2.24) is 4.98 Å². The van der Waals surface area contributed by atoms with E-state index in [9.17, 15) is 9.59 Å². The number of aromatic nitrogens is 1. The van der Waals surface area contributed by atoms with Crippen molar-refractivity contribution >= 4 is 29.3 Å². The first-order valence-corrected chi connectivity index (χ1v) is 8.86. The van der Waals surface area contributed by atoms with Gasteiger partial charge >= 0.3 is 5.97 Å². The number of ether oxygens (including phenoxy) is 1. The molecule has 0 saturated carbocycles. The van der Waals surface area contributed by atoms with E-state index in [-0.39, 0.29) is 18.2 Å². The summed E-state index contributed by atoms with van der Waals surface area (Å²) in [5, 5.41) is 11.5. The molecule has 132 valence electrons. The molecule has 1 aromatic heterocycles. The molecule has 1 heterocycles. The number of hydrogen-bond donors (Lipinski definition) is 2. The zero-order valence-corrected chi connectivity index (χ0v) is 14.9. The monoisotopic (exact) mass is 360 g/mol. The van der Waals surface area contributed by atoms with Gasteiger partial charge in [-0.2, -0.15) is 11.8 Å². The van der Waals surface area contributed by atoms with E-state index >= 15 is 0 Å². The van der Waals surface area contributed by atoms with Crippen LogP contribution in [0, 0.1) is 6.92 Å². The molecule has 2 N–H and O–H groups in total. The van der Waals surface area contributed by atoms with Gasteiger partial charge in [0.05, 0.1) is 13.5 Å². The highest BCUT2D eigenvalue weighted by atomic mass is 32.2.